The van der Waals surface area contributed by atoms with Crippen molar-refractivity contribution in [3.63, 3.8) is 0 Å². The summed E-state index contributed by atoms with van der Waals surface area (Å²) in [5.41, 5.74) is 0.851. The molecule has 0 bridgehead atoms. The summed E-state index contributed by atoms with van der Waals surface area (Å²) in [6.45, 7) is 3.86. The fourth-order valence-corrected chi connectivity index (χ4v) is 2.01. The van der Waals surface area contributed by atoms with E-state index in [0.29, 0.717) is 24.5 Å². The maximum absolute atomic E-state index is 11.8. The molecule has 0 aliphatic rings. The van der Waals surface area contributed by atoms with Crippen LogP contribution in [0.2, 0.25) is 0 Å². The second-order valence-electron chi connectivity index (χ2n) is 4.68. The van der Waals surface area contributed by atoms with Crippen LogP contribution in [0.3, 0.4) is 0 Å². The first-order valence-electron chi connectivity index (χ1n) is 7.20. The van der Waals surface area contributed by atoms with Crippen LogP contribution >= 0.6 is 0 Å². The van der Waals surface area contributed by atoms with Crippen LogP contribution in [0.25, 0.3) is 0 Å². The van der Waals surface area contributed by atoms with E-state index in [1.807, 2.05) is 19.1 Å². The highest BCUT2D eigenvalue weighted by Crippen LogP contribution is 2.31. The molecule has 1 rings (SSSR count). The number of methoxy groups -OCH3 is 2. The molecule has 0 heterocycles. The Hall–Kier alpha value is -2.24. The maximum Gasteiger partial charge on any atom is 0.306 e. The second-order valence-corrected chi connectivity index (χ2v) is 4.68. The minimum atomic E-state index is -0.792. The lowest BCUT2D eigenvalue weighted by Crippen LogP contribution is -2.35. The van der Waals surface area contributed by atoms with Gasteiger partial charge in [-0.2, -0.15) is 0 Å². The Labute approximate surface area is 130 Å². The molecule has 0 aromatic heterocycles. The fraction of sp³-hybridized carbons (Fsp3) is 0.500. The molecule has 1 atom stereocenters. The number of benzene rings is 1. The number of rotatable bonds is 8. The van der Waals surface area contributed by atoms with Crippen LogP contribution in [-0.4, -0.2) is 38.7 Å². The highest BCUT2D eigenvalue weighted by atomic mass is 16.5. The van der Waals surface area contributed by atoms with Crippen molar-refractivity contribution in [2.75, 3.05) is 20.8 Å². The maximum atomic E-state index is 11.8. The van der Waals surface area contributed by atoms with Crippen LogP contribution in [0.15, 0.2) is 18.2 Å². The summed E-state index contributed by atoms with van der Waals surface area (Å²) in [7, 11) is 3.11. The van der Waals surface area contributed by atoms with Gasteiger partial charge >= 0.3 is 5.97 Å². The lowest BCUT2D eigenvalue weighted by Gasteiger charge is -2.14. The van der Waals surface area contributed by atoms with Gasteiger partial charge in [0.05, 0.1) is 14.2 Å². The number of aryl methyl sites for hydroxylation is 1. The second kappa shape index (κ2) is 8.92. The number of amides is 1. The van der Waals surface area contributed by atoms with Crippen molar-refractivity contribution in [2.45, 2.75) is 32.8 Å². The van der Waals surface area contributed by atoms with Crippen LogP contribution in [0, 0.1) is 0 Å². The van der Waals surface area contributed by atoms with Crippen molar-refractivity contribution in [3.05, 3.63) is 23.8 Å². The molecule has 0 fully saturated rings. The summed E-state index contributed by atoms with van der Waals surface area (Å²) >= 11 is 0. The van der Waals surface area contributed by atoms with E-state index in [1.54, 1.807) is 27.2 Å². The van der Waals surface area contributed by atoms with Crippen molar-refractivity contribution in [3.8, 4) is 11.5 Å². The number of hydrogen-bond acceptors (Lipinski definition) is 5. The number of carbonyl (C=O) groups excluding carboxylic acids is 2. The lowest BCUT2D eigenvalue weighted by molar-refractivity contribution is -0.154. The first-order valence-corrected chi connectivity index (χ1v) is 7.20. The third-order valence-corrected chi connectivity index (χ3v) is 3.11. The molecule has 0 aliphatic carbocycles. The Balaban J connectivity index is 2.59. The van der Waals surface area contributed by atoms with Crippen LogP contribution < -0.4 is 14.8 Å². The van der Waals surface area contributed by atoms with E-state index in [-0.39, 0.29) is 12.3 Å². The summed E-state index contributed by atoms with van der Waals surface area (Å²) in [6.07, 6.45) is -0.186. The molecular formula is C16H23NO5. The predicted molar refractivity (Wildman–Crippen MR) is 82.1 cm³/mol. The quantitative estimate of drug-likeness (QED) is 0.740. The van der Waals surface area contributed by atoms with Gasteiger partial charge in [-0.05, 0) is 31.9 Å². The first-order chi connectivity index (χ1) is 10.5. The zero-order valence-corrected chi connectivity index (χ0v) is 13.5. The Bertz CT molecular complexity index is 515. The van der Waals surface area contributed by atoms with Gasteiger partial charge in [-0.3, -0.25) is 9.59 Å². The Morgan fingerprint density at radius 3 is 2.55 bits per heavy atom. The highest BCUT2D eigenvalue weighted by molar-refractivity contribution is 5.83. The monoisotopic (exact) mass is 309 g/mol. The number of carbonyl (C=O) groups is 2. The summed E-state index contributed by atoms with van der Waals surface area (Å²) in [4.78, 5) is 23.3. The van der Waals surface area contributed by atoms with Crippen molar-refractivity contribution in [2.24, 2.45) is 0 Å². The number of para-hydroxylation sites is 1. The first kappa shape index (κ1) is 17.8. The largest absolute Gasteiger partial charge is 0.493 e. The molecule has 0 radical (unpaired) electrons. The molecule has 0 spiro atoms. The summed E-state index contributed by atoms with van der Waals surface area (Å²) in [6, 6.07) is 5.49. The molecular weight excluding hydrogens is 286 g/mol. The summed E-state index contributed by atoms with van der Waals surface area (Å²) in [5, 5.41) is 2.61. The number of esters is 1. The molecule has 22 heavy (non-hydrogen) atoms. The molecule has 0 saturated heterocycles. The lowest BCUT2D eigenvalue weighted by atomic mass is 10.1. The Morgan fingerprint density at radius 1 is 1.23 bits per heavy atom. The normalized spacial score (nSPS) is 11.5. The van der Waals surface area contributed by atoms with E-state index in [1.165, 1.54) is 0 Å². The van der Waals surface area contributed by atoms with Gasteiger partial charge in [0.1, 0.15) is 0 Å². The molecule has 0 saturated carbocycles. The van der Waals surface area contributed by atoms with E-state index in [4.69, 9.17) is 14.2 Å². The minimum absolute atomic E-state index is 0.160. The zero-order chi connectivity index (χ0) is 16.5. The van der Waals surface area contributed by atoms with E-state index < -0.39 is 12.1 Å². The number of ether oxygens (including phenoxy) is 3. The SMILES string of the molecule is CCNC(=O)[C@H](C)OC(=O)CCc1cccc(OC)c1OC. The van der Waals surface area contributed by atoms with Crippen LogP contribution in [0.1, 0.15) is 25.8 Å². The topological polar surface area (TPSA) is 73.9 Å². The number of likely N-dealkylation sites (N-methyl/N-ethyl adjacent to an activating group) is 1. The Morgan fingerprint density at radius 2 is 1.95 bits per heavy atom. The van der Waals surface area contributed by atoms with Crippen molar-refractivity contribution >= 4 is 11.9 Å². The van der Waals surface area contributed by atoms with Gasteiger partial charge < -0.3 is 19.5 Å². The third-order valence-electron chi connectivity index (χ3n) is 3.11. The van der Waals surface area contributed by atoms with Crippen LogP contribution in [-0.2, 0) is 20.7 Å². The molecule has 1 amide bonds. The van der Waals surface area contributed by atoms with Crippen molar-refractivity contribution in [1.82, 2.24) is 5.32 Å². The van der Waals surface area contributed by atoms with Gasteiger partial charge in [-0.15, -0.1) is 0 Å². The minimum Gasteiger partial charge on any atom is -0.493 e. The van der Waals surface area contributed by atoms with Gasteiger partial charge in [0.2, 0.25) is 0 Å². The van der Waals surface area contributed by atoms with Crippen molar-refractivity contribution < 1.29 is 23.8 Å². The predicted octanol–water partition coefficient (Wildman–Crippen LogP) is 1.70. The van der Waals surface area contributed by atoms with E-state index >= 15 is 0 Å². The zero-order valence-electron chi connectivity index (χ0n) is 13.5. The average molecular weight is 309 g/mol. The molecule has 6 nitrogen and oxygen atoms in total. The smallest absolute Gasteiger partial charge is 0.306 e. The fourth-order valence-electron chi connectivity index (χ4n) is 2.01. The van der Waals surface area contributed by atoms with Gasteiger partial charge in [0, 0.05) is 13.0 Å². The average Bonchev–Trinajstić information content (AvgIpc) is 2.52. The van der Waals surface area contributed by atoms with Crippen LogP contribution in [0.4, 0.5) is 0 Å². The van der Waals surface area contributed by atoms with Crippen LogP contribution in [0.5, 0.6) is 11.5 Å². The van der Waals surface area contributed by atoms with Gasteiger partial charge in [-0.25, -0.2) is 0 Å². The summed E-state index contributed by atoms with van der Waals surface area (Å²) in [5.74, 6) is 0.497. The highest BCUT2D eigenvalue weighted by Gasteiger charge is 2.17. The molecule has 0 aliphatic heterocycles. The van der Waals surface area contributed by atoms with Crippen molar-refractivity contribution in [1.29, 1.82) is 0 Å². The molecule has 122 valence electrons. The molecule has 6 heteroatoms. The van der Waals surface area contributed by atoms with Gasteiger partial charge in [-0.1, -0.05) is 12.1 Å². The standard InChI is InChI=1S/C16H23NO5/c1-5-17-16(19)11(2)22-14(18)10-9-12-7-6-8-13(20-3)15(12)21-4/h6-8,11H,5,9-10H2,1-4H3,(H,17,19)/t11-/m0/s1. The number of hydrogen-bond donors (Lipinski definition) is 1. The van der Waals surface area contributed by atoms with Gasteiger partial charge in [0.25, 0.3) is 5.91 Å². The molecule has 1 N–H and O–H groups in total. The molecule has 0 unspecified atom stereocenters. The Kier molecular flexibility index (Phi) is 7.22. The van der Waals surface area contributed by atoms with E-state index in [9.17, 15) is 9.59 Å². The third kappa shape index (κ3) is 4.95. The van der Waals surface area contributed by atoms with E-state index in [2.05, 4.69) is 5.32 Å². The number of nitrogens with one attached hydrogen (secondary N) is 1. The molecule has 1 aromatic rings. The molecule has 1 aromatic carbocycles. The van der Waals surface area contributed by atoms with Gasteiger partial charge in [0.15, 0.2) is 17.6 Å². The summed E-state index contributed by atoms with van der Waals surface area (Å²) < 4.78 is 15.6. The van der Waals surface area contributed by atoms with E-state index in [0.717, 1.165) is 5.56 Å².